The molecule has 1 aromatic rings. The van der Waals surface area contributed by atoms with E-state index < -0.39 is 0 Å². The highest BCUT2D eigenvalue weighted by molar-refractivity contribution is 5.92. The molecule has 0 saturated carbocycles. The van der Waals surface area contributed by atoms with Gasteiger partial charge in [-0.1, -0.05) is 0 Å². The fraction of sp³-hybridized carbons (Fsp3) is 0.250. The molecule has 1 rings (SSSR count). The molecule has 0 radical (unpaired) electrons. The molecule has 13 heavy (non-hydrogen) atoms. The van der Waals surface area contributed by atoms with E-state index in [9.17, 15) is 0 Å². The molecule has 0 saturated heterocycles. The molecule has 0 aliphatic rings. The van der Waals surface area contributed by atoms with Crippen molar-refractivity contribution in [2.75, 3.05) is 13.2 Å². The predicted molar refractivity (Wildman–Crippen MR) is 47.8 cm³/mol. The topological polar surface area (TPSA) is 92.2 Å². The summed E-state index contributed by atoms with van der Waals surface area (Å²) in [5.74, 6) is 0.479. The number of nitrogen functional groups attached to an aromatic ring is 1. The van der Waals surface area contributed by atoms with Crippen LogP contribution in [0.2, 0.25) is 0 Å². The van der Waals surface area contributed by atoms with E-state index in [2.05, 4.69) is 4.98 Å². The van der Waals surface area contributed by atoms with Crippen molar-refractivity contribution in [3.8, 4) is 5.75 Å². The van der Waals surface area contributed by atoms with Gasteiger partial charge in [0.15, 0.2) is 0 Å². The maximum absolute atomic E-state index is 8.47. The van der Waals surface area contributed by atoms with Crippen LogP contribution in [-0.2, 0) is 0 Å². The lowest BCUT2D eigenvalue weighted by Gasteiger charge is -2.03. The van der Waals surface area contributed by atoms with Gasteiger partial charge in [0, 0.05) is 0 Å². The van der Waals surface area contributed by atoms with Crippen LogP contribution in [0.5, 0.6) is 5.75 Å². The minimum absolute atomic E-state index is 0.0333. The van der Waals surface area contributed by atoms with Gasteiger partial charge in [-0.2, -0.15) is 0 Å². The van der Waals surface area contributed by atoms with Crippen LogP contribution in [0.3, 0.4) is 0 Å². The van der Waals surface area contributed by atoms with Crippen molar-refractivity contribution in [1.82, 2.24) is 4.98 Å². The molecular formula is C8H11N3O2. The molecule has 70 valence electrons. The lowest BCUT2D eigenvalue weighted by molar-refractivity contribution is 0.201. The number of aliphatic hydroxyl groups is 1. The Kier molecular flexibility index (Phi) is 3.22. The monoisotopic (exact) mass is 181 g/mol. The van der Waals surface area contributed by atoms with Crippen LogP contribution in [-0.4, -0.2) is 29.1 Å². The average Bonchev–Trinajstić information content (AvgIpc) is 2.15. The van der Waals surface area contributed by atoms with Gasteiger partial charge in [-0.15, -0.1) is 0 Å². The summed E-state index contributed by atoms with van der Waals surface area (Å²) in [4.78, 5) is 3.87. The number of nitrogens with two attached hydrogens (primary N) is 1. The van der Waals surface area contributed by atoms with Crippen LogP contribution in [0.25, 0.3) is 0 Å². The maximum Gasteiger partial charge on any atom is 0.141 e. The first kappa shape index (κ1) is 9.47. The number of hydrogen-bond acceptors (Lipinski definition) is 4. The molecule has 5 nitrogen and oxygen atoms in total. The van der Waals surface area contributed by atoms with E-state index in [-0.39, 0.29) is 19.0 Å². The smallest absolute Gasteiger partial charge is 0.141 e. The molecule has 0 bridgehead atoms. The SMILES string of the molecule is N=C(N)c1ccc(OCCO)cn1. The van der Waals surface area contributed by atoms with Gasteiger partial charge in [0.25, 0.3) is 0 Å². The van der Waals surface area contributed by atoms with E-state index in [4.69, 9.17) is 21.0 Å². The molecule has 0 aromatic carbocycles. The summed E-state index contributed by atoms with van der Waals surface area (Å²) in [5, 5.41) is 15.5. The highest BCUT2D eigenvalue weighted by Gasteiger charge is 1.98. The number of rotatable bonds is 4. The zero-order chi connectivity index (χ0) is 9.68. The summed E-state index contributed by atoms with van der Waals surface area (Å²) in [6, 6.07) is 3.24. The quantitative estimate of drug-likeness (QED) is 0.440. The highest BCUT2D eigenvalue weighted by atomic mass is 16.5. The fourth-order valence-corrected chi connectivity index (χ4v) is 0.788. The number of nitrogens with one attached hydrogen (secondary N) is 1. The van der Waals surface area contributed by atoms with Crippen LogP contribution < -0.4 is 10.5 Å². The van der Waals surface area contributed by atoms with Gasteiger partial charge in [0.2, 0.25) is 0 Å². The summed E-state index contributed by atoms with van der Waals surface area (Å²) in [6.45, 7) is 0.204. The van der Waals surface area contributed by atoms with E-state index in [1.54, 1.807) is 12.1 Å². The summed E-state index contributed by atoms with van der Waals surface area (Å²) >= 11 is 0. The molecular weight excluding hydrogens is 170 g/mol. The Balaban J connectivity index is 2.64. The molecule has 4 N–H and O–H groups in total. The third-order valence-corrected chi connectivity index (χ3v) is 1.37. The molecule has 0 atom stereocenters. The Hall–Kier alpha value is -1.62. The molecule has 5 heteroatoms. The van der Waals surface area contributed by atoms with Crippen molar-refractivity contribution in [3.05, 3.63) is 24.0 Å². The van der Waals surface area contributed by atoms with Crippen molar-refractivity contribution < 1.29 is 9.84 Å². The van der Waals surface area contributed by atoms with Gasteiger partial charge in [-0.25, -0.2) is 4.98 Å². The fourth-order valence-electron chi connectivity index (χ4n) is 0.788. The summed E-state index contributed by atoms with van der Waals surface area (Å²) in [7, 11) is 0. The normalized spacial score (nSPS) is 9.62. The van der Waals surface area contributed by atoms with E-state index >= 15 is 0 Å². The third kappa shape index (κ3) is 2.72. The minimum atomic E-state index is -0.0753. The second-order valence-corrected chi connectivity index (χ2v) is 2.36. The van der Waals surface area contributed by atoms with E-state index in [1.807, 2.05) is 0 Å². The number of ether oxygens (including phenoxy) is 1. The number of nitrogens with zero attached hydrogens (tertiary/aromatic N) is 1. The van der Waals surface area contributed by atoms with Crippen LogP contribution in [0, 0.1) is 5.41 Å². The lowest BCUT2D eigenvalue weighted by atomic mass is 10.3. The number of pyridine rings is 1. The lowest BCUT2D eigenvalue weighted by Crippen LogP contribution is -2.12. The number of amidine groups is 1. The predicted octanol–water partition coefficient (Wildman–Crippen LogP) is -0.263. The molecule has 0 amide bonds. The van der Waals surface area contributed by atoms with Gasteiger partial charge >= 0.3 is 0 Å². The Morgan fingerprint density at radius 3 is 2.85 bits per heavy atom. The number of aromatic nitrogens is 1. The van der Waals surface area contributed by atoms with Crippen molar-refractivity contribution >= 4 is 5.84 Å². The maximum atomic E-state index is 8.47. The number of aliphatic hydroxyl groups excluding tert-OH is 1. The number of hydrogen-bond donors (Lipinski definition) is 3. The van der Waals surface area contributed by atoms with Crippen LogP contribution in [0.15, 0.2) is 18.3 Å². The average molecular weight is 181 g/mol. The van der Waals surface area contributed by atoms with Crippen molar-refractivity contribution in [2.24, 2.45) is 5.73 Å². The molecule has 0 aliphatic heterocycles. The van der Waals surface area contributed by atoms with Gasteiger partial charge in [-0.3, -0.25) is 5.41 Å². The van der Waals surface area contributed by atoms with E-state index in [0.29, 0.717) is 11.4 Å². The van der Waals surface area contributed by atoms with Crippen molar-refractivity contribution in [1.29, 1.82) is 5.41 Å². The Morgan fingerprint density at radius 2 is 2.38 bits per heavy atom. The molecule has 1 aromatic heterocycles. The first-order valence-corrected chi connectivity index (χ1v) is 3.78. The molecule has 0 aliphatic carbocycles. The van der Waals surface area contributed by atoms with E-state index in [0.717, 1.165) is 0 Å². The molecule has 1 heterocycles. The van der Waals surface area contributed by atoms with E-state index in [1.165, 1.54) is 6.20 Å². The molecule has 0 unspecified atom stereocenters. The standard InChI is InChI=1S/C8H11N3O2/c9-8(10)7-2-1-6(5-11-7)13-4-3-12/h1-2,5,12H,3-4H2,(H3,9,10). The zero-order valence-corrected chi connectivity index (χ0v) is 7.03. The van der Waals surface area contributed by atoms with Gasteiger partial charge < -0.3 is 15.6 Å². The van der Waals surface area contributed by atoms with Gasteiger partial charge in [0.1, 0.15) is 23.9 Å². The van der Waals surface area contributed by atoms with Crippen LogP contribution >= 0.6 is 0 Å². The first-order valence-electron chi connectivity index (χ1n) is 3.78. The third-order valence-electron chi connectivity index (χ3n) is 1.37. The summed E-state index contributed by atoms with van der Waals surface area (Å²) in [6.07, 6.45) is 1.46. The molecule has 0 fully saturated rings. The van der Waals surface area contributed by atoms with Crippen molar-refractivity contribution in [2.45, 2.75) is 0 Å². The van der Waals surface area contributed by atoms with Crippen LogP contribution in [0.1, 0.15) is 5.69 Å². The van der Waals surface area contributed by atoms with Gasteiger partial charge in [-0.05, 0) is 12.1 Å². The molecule has 0 spiro atoms. The largest absolute Gasteiger partial charge is 0.490 e. The van der Waals surface area contributed by atoms with Crippen molar-refractivity contribution in [3.63, 3.8) is 0 Å². The summed E-state index contributed by atoms with van der Waals surface area (Å²) in [5.41, 5.74) is 5.62. The Morgan fingerprint density at radius 1 is 1.62 bits per heavy atom. The first-order chi connectivity index (χ1) is 6.24. The Labute approximate surface area is 75.7 Å². The van der Waals surface area contributed by atoms with Gasteiger partial charge in [0.05, 0.1) is 12.8 Å². The van der Waals surface area contributed by atoms with Crippen LogP contribution in [0.4, 0.5) is 0 Å². The minimum Gasteiger partial charge on any atom is -0.490 e. The second-order valence-electron chi connectivity index (χ2n) is 2.36. The zero-order valence-electron chi connectivity index (χ0n) is 7.03. The summed E-state index contributed by atoms with van der Waals surface area (Å²) < 4.78 is 5.07. The second kappa shape index (κ2) is 4.42. The highest BCUT2D eigenvalue weighted by Crippen LogP contribution is 2.08. The Bertz CT molecular complexity index is 284.